The van der Waals surface area contributed by atoms with Gasteiger partial charge >= 0.3 is 42.2 Å². The lowest BCUT2D eigenvalue weighted by atomic mass is 9.97. The molecule has 0 radical (unpaired) electrons. The van der Waals surface area contributed by atoms with Crippen LogP contribution in [0, 0.1) is 0 Å². The van der Waals surface area contributed by atoms with Crippen molar-refractivity contribution >= 4 is 6.03 Å². The molecule has 0 saturated heterocycles. The molecular weight excluding hydrogens is 406 g/mol. The fourth-order valence-electron chi connectivity index (χ4n) is 1.20. The fraction of sp³-hybridized carbons (Fsp3) is 0.875. The van der Waals surface area contributed by atoms with Gasteiger partial charge in [0.25, 0.3) is 0 Å². The summed E-state index contributed by atoms with van der Waals surface area (Å²) in [6, 6.07) is -3.21. The standard InChI is InChI=1S/C8H4F14N2O/c9-3(10,5(11,12)13)1-23-2(25)24-4(6(14,15)16,7(17,18)19)8(20,21)22/h1H2,(H2,23,24,25). The number of nitrogens with one attached hydrogen (secondary N) is 2. The first-order chi connectivity index (χ1) is 10.6. The number of urea groups is 1. The van der Waals surface area contributed by atoms with Gasteiger partial charge in [-0.15, -0.1) is 0 Å². The molecule has 2 amide bonds. The molecule has 3 nitrogen and oxygen atoms in total. The number of hydrogen-bond acceptors (Lipinski definition) is 1. The molecule has 2 N–H and O–H groups in total. The minimum absolute atomic E-state index is 0.181. The van der Waals surface area contributed by atoms with E-state index in [1.165, 1.54) is 0 Å². The van der Waals surface area contributed by atoms with Crippen LogP contribution in [-0.2, 0) is 0 Å². The summed E-state index contributed by atoms with van der Waals surface area (Å²) in [5, 5.41) is -0.470. The lowest BCUT2D eigenvalue weighted by Crippen LogP contribution is -2.76. The second-order valence-corrected chi connectivity index (χ2v) is 4.25. The average Bonchev–Trinajstić information content (AvgIpc) is 2.27. The van der Waals surface area contributed by atoms with Gasteiger partial charge in [-0.25, -0.2) is 4.79 Å². The quantitative estimate of drug-likeness (QED) is 0.681. The van der Waals surface area contributed by atoms with E-state index in [1.54, 1.807) is 0 Å². The Morgan fingerprint density at radius 1 is 0.600 bits per heavy atom. The summed E-state index contributed by atoms with van der Waals surface area (Å²) in [7, 11) is 0. The Kier molecular flexibility index (Phi) is 5.80. The summed E-state index contributed by atoms with van der Waals surface area (Å²) < 4.78 is 171. The second kappa shape index (κ2) is 6.22. The minimum atomic E-state index is -7.26. The van der Waals surface area contributed by atoms with Gasteiger partial charge in [0.05, 0.1) is 6.54 Å². The van der Waals surface area contributed by atoms with Crippen molar-refractivity contribution in [1.29, 1.82) is 0 Å². The lowest BCUT2D eigenvalue weighted by Gasteiger charge is -2.38. The third-order valence-electron chi connectivity index (χ3n) is 2.46. The van der Waals surface area contributed by atoms with Gasteiger partial charge in [-0.3, -0.25) is 0 Å². The van der Waals surface area contributed by atoms with Crippen LogP contribution in [0.3, 0.4) is 0 Å². The molecule has 17 heteroatoms. The topological polar surface area (TPSA) is 41.1 Å². The van der Waals surface area contributed by atoms with Crippen LogP contribution in [0.4, 0.5) is 66.3 Å². The summed E-state index contributed by atoms with van der Waals surface area (Å²) in [5.41, 5.74) is -6.90. The van der Waals surface area contributed by atoms with E-state index >= 15 is 0 Å². The van der Waals surface area contributed by atoms with Crippen LogP contribution < -0.4 is 10.6 Å². The van der Waals surface area contributed by atoms with E-state index in [-0.39, 0.29) is 5.32 Å². The fourth-order valence-corrected chi connectivity index (χ4v) is 1.20. The summed E-state index contributed by atoms with van der Waals surface area (Å²) in [5.74, 6) is -5.83. The van der Waals surface area contributed by atoms with Crippen LogP contribution in [0.2, 0.25) is 0 Å². The molecule has 0 aromatic carbocycles. The summed E-state index contributed by atoms with van der Waals surface area (Å²) in [4.78, 5) is 10.7. The van der Waals surface area contributed by atoms with Crippen molar-refractivity contribution in [3.05, 3.63) is 0 Å². The largest absolute Gasteiger partial charge is 0.455 e. The monoisotopic (exact) mass is 410 g/mol. The zero-order chi connectivity index (χ0) is 20.7. The maximum atomic E-state index is 12.4. The molecule has 0 fully saturated rings. The van der Waals surface area contributed by atoms with Crippen molar-refractivity contribution in [2.24, 2.45) is 0 Å². The highest BCUT2D eigenvalue weighted by molar-refractivity contribution is 5.75. The van der Waals surface area contributed by atoms with Gasteiger partial charge in [-0.2, -0.15) is 61.5 Å². The van der Waals surface area contributed by atoms with E-state index in [9.17, 15) is 66.3 Å². The number of carbonyl (C=O) groups is 1. The maximum absolute atomic E-state index is 12.4. The number of carbonyl (C=O) groups excluding carboxylic acids is 1. The zero-order valence-electron chi connectivity index (χ0n) is 10.9. The Morgan fingerprint density at radius 2 is 0.920 bits per heavy atom. The number of rotatable bonds is 3. The van der Waals surface area contributed by atoms with E-state index in [1.807, 2.05) is 0 Å². The predicted octanol–water partition coefficient (Wildman–Crippen LogP) is 3.91. The molecule has 0 rings (SSSR count). The molecule has 0 aromatic heterocycles. The van der Waals surface area contributed by atoms with Crippen LogP contribution in [0.5, 0.6) is 0 Å². The van der Waals surface area contributed by atoms with Crippen molar-refractivity contribution in [3.63, 3.8) is 0 Å². The van der Waals surface area contributed by atoms with Gasteiger partial charge in [0, 0.05) is 0 Å². The molecule has 0 aliphatic heterocycles. The highest BCUT2D eigenvalue weighted by atomic mass is 19.4. The molecule has 0 aliphatic carbocycles. The van der Waals surface area contributed by atoms with Gasteiger partial charge in [0.15, 0.2) is 0 Å². The number of halogens is 14. The van der Waals surface area contributed by atoms with Crippen molar-refractivity contribution in [1.82, 2.24) is 10.6 Å². The molecule has 0 spiro atoms. The maximum Gasteiger partial charge on any atom is 0.455 e. The Balaban J connectivity index is 5.68. The van der Waals surface area contributed by atoms with Crippen molar-refractivity contribution in [3.8, 4) is 0 Å². The molecule has 0 bridgehead atoms. The molecule has 0 saturated carbocycles. The summed E-state index contributed by atoms with van der Waals surface area (Å²) >= 11 is 0. The van der Waals surface area contributed by atoms with E-state index in [0.717, 1.165) is 0 Å². The van der Waals surface area contributed by atoms with E-state index in [0.29, 0.717) is 0 Å². The SMILES string of the molecule is O=C(NCC(F)(F)C(F)(F)F)NC(C(F)(F)F)(C(F)(F)F)C(F)(F)F. The molecule has 0 aliphatic rings. The van der Waals surface area contributed by atoms with Gasteiger partial charge in [-0.05, 0) is 0 Å². The molecule has 0 atom stereocenters. The highest BCUT2D eigenvalue weighted by Gasteiger charge is 2.84. The normalized spacial score (nSPS) is 15.1. The minimum Gasteiger partial charge on any atom is -0.332 e. The smallest absolute Gasteiger partial charge is 0.332 e. The van der Waals surface area contributed by atoms with Crippen molar-refractivity contribution < 1.29 is 66.3 Å². The summed E-state index contributed by atoms with van der Waals surface area (Å²) in [6.45, 7) is -2.91. The molecule has 150 valence electrons. The molecule has 0 aromatic rings. The Morgan fingerprint density at radius 3 is 1.16 bits per heavy atom. The van der Waals surface area contributed by atoms with Crippen molar-refractivity contribution in [2.45, 2.75) is 36.2 Å². The van der Waals surface area contributed by atoms with Crippen LogP contribution >= 0.6 is 0 Å². The predicted molar refractivity (Wildman–Crippen MR) is 48.4 cm³/mol. The van der Waals surface area contributed by atoms with Gasteiger partial charge in [-0.1, -0.05) is 0 Å². The first-order valence-electron chi connectivity index (χ1n) is 5.31. The first kappa shape index (κ1) is 23.3. The van der Waals surface area contributed by atoms with Crippen LogP contribution in [0.1, 0.15) is 0 Å². The number of alkyl halides is 14. The number of amides is 2. The zero-order valence-corrected chi connectivity index (χ0v) is 10.9. The second-order valence-electron chi connectivity index (χ2n) is 4.25. The van der Waals surface area contributed by atoms with Gasteiger partial charge in [0.1, 0.15) is 0 Å². The van der Waals surface area contributed by atoms with E-state index in [2.05, 4.69) is 0 Å². The third kappa shape index (κ3) is 4.47. The van der Waals surface area contributed by atoms with E-state index < -0.39 is 54.1 Å². The highest BCUT2D eigenvalue weighted by Crippen LogP contribution is 2.52. The van der Waals surface area contributed by atoms with Crippen molar-refractivity contribution in [2.75, 3.05) is 6.54 Å². The molecular formula is C8H4F14N2O. The lowest BCUT2D eigenvalue weighted by molar-refractivity contribution is -0.386. The third-order valence-corrected chi connectivity index (χ3v) is 2.46. The van der Waals surface area contributed by atoms with Crippen LogP contribution in [0.15, 0.2) is 0 Å². The van der Waals surface area contributed by atoms with Gasteiger partial charge in [0.2, 0.25) is 0 Å². The Hall–Kier alpha value is -1.71. The molecule has 25 heavy (non-hydrogen) atoms. The average molecular weight is 410 g/mol. The molecule has 0 heterocycles. The van der Waals surface area contributed by atoms with E-state index in [4.69, 9.17) is 0 Å². The summed E-state index contributed by atoms with van der Waals surface area (Å²) in [6.07, 6.45) is -28.1. The Bertz CT molecular complexity index is 447. The van der Waals surface area contributed by atoms with Crippen LogP contribution in [-0.4, -0.2) is 48.7 Å². The number of hydrogen-bond donors (Lipinski definition) is 2. The Labute approximate surface area is 127 Å². The van der Waals surface area contributed by atoms with Gasteiger partial charge < -0.3 is 10.6 Å². The van der Waals surface area contributed by atoms with Crippen LogP contribution in [0.25, 0.3) is 0 Å². The first-order valence-corrected chi connectivity index (χ1v) is 5.31. The molecule has 0 unspecified atom stereocenters.